The van der Waals surface area contributed by atoms with Crippen molar-refractivity contribution in [3.8, 4) is 0 Å². The predicted molar refractivity (Wildman–Crippen MR) is 198 cm³/mol. The molecule has 2 nitrogen and oxygen atoms in total. The zero-order valence-corrected chi connectivity index (χ0v) is 30.4. The Morgan fingerprint density at radius 1 is 0.356 bits per heavy atom. The van der Waals surface area contributed by atoms with Crippen LogP contribution in [0.15, 0.2) is 70.6 Å². The van der Waals surface area contributed by atoms with E-state index in [0.717, 1.165) is 30.6 Å². The molecular weight excluding hydrogens is 591 g/mol. The van der Waals surface area contributed by atoms with Crippen molar-refractivity contribution in [2.75, 3.05) is 0 Å². The largest absolute Gasteiger partial charge is 0.252 e. The Bertz CT molecular complexity index is 953. The SMILES string of the molecule is CCCCCCCCCCCCCCCCCCCCCCCCC(=N\c1ccccc1)/C(CCCC)=N/c1ccccc1.[Ni]. The van der Waals surface area contributed by atoms with E-state index in [2.05, 4.69) is 74.5 Å². The third-order valence-electron chi connectivity index (χ3n) is 8.91. The number of nitrogens with zero attached hydrogens (tertiary/aromatic N) is 2. The molecule has 0 saturated carbocycles. The third kappa shape index (κ3) is 23.3. The van der Waals surface area contributed by atoms with Gasteiger partial charge in [-0.3, -0.25) is 9.98 Å². The molecule has 0 aliphatic carbocycles. The van der Waals surface area contributed by atoms with Gasteiger partial charge < -0.3 is 0 Å². The normalized spacial score (nSPS) is 12.0. The van der Waals surface area contributed by atoms with Gasteiger partial charge >= 0.3 is 0 Å². The first kappa shape index (κ1) is 41.3. The molecule has 0 unspecified atom stereocenters. The average Bonchev–Trinajstić information content (AvgIpc) is 3.06. The van der Waals surface area contributed by atoms with Gasteiger partial charge in [0.05, 0.1) is 22.8 Å². The zero-order valence-electron chi connectivity index (χ0n) is 29.4. The number of aliphatic imine (C=N–C) groups is 2. The summed E-state index contributed by atoms with van der Waals surface area (Å²) >= 11 is 0. The molecule has 0 bridgehead atoms. The fourth-order valence-electron chi connectivity index (χ4n) is 6.09. The molecule has 0 aromatic heterocycles. The van der Waals surface area contributed by atoms with Crippen LogP contribution < -0.4 is 0 Å². The van der Waals surface area contributed by atoms with E-state index >= 15 is 0 Å². The van der Waals surface area contributed by atoms with Crippen LogP contribution in [0, 0.1) is 0 Å². The molecule has 0 N–H and O–H groups in total. The van der Waals surface area contributed by atoms with Gasteiger partial charge in [0.1, 0.15) is 0 Å². The molecule has 0 fully saturated rings. The van der Waals surface area contributed by atoms with Gasteiger partial charge in [-0.25, -0.2) is 0 Å². The number of rotatable bonds is 29. The Morgan fingerprint density at radius 2 is 0.622 bits per heavy atom. The van der Waals surface area contributed by atoms with Crippen LogP contribution in [-0.4, -0.2) is 11.4 Å². The maximum absolute atomic E-state index is 5.12. The maximum atomic E-state index is 5.12. The van der Waals surface area contributed by atoms with E-state index in [1.807, 2.05) is 0 Å². The molecule has 0 amide bonds. The zero-order chi connectivity index (χ0) is 31.2. The van der Waals surface area contributed by atoms with Gasteiger partial charge in [0.25, 0.3) is 0 Å². The molecular formula is C42H68N2Ni. The van der Waals surface area contributed by atoms with Gasteiger partial charge in [-0.1, -0.05) is 192 Å². The summed E-state index contributed by atoms with van der Waals surface area (Å²) in [5, 5.41) is 0. The number of benzene rings is 2. The standard InChI is InChI=1S/C42H68N2.Ni/c1-3-5-7-8-9-10-11-12-13-14-15-16-17-18-19-20-21-22-23-24-25-32-38-42(44-40-35-30-27-31-36-40)41(37-6-4-2)43-39-33-28-26-29-34-39;/h26-31,33-36H,3-25,32,37-38H2,1-2H3;/b43-41+,44-42+;. The first-order chi connectivity index (χ1) is 21.8. The summed E-state index contributed by atoms with van der Waals surface area (Å²) in [5.41, 5.74) is 4.43. The van der Waals surface area contributed by atoms with Crippen LogP contribution in [0.1, 0.15) is 181 Å². The molecule has 0 heterocycles. The van der Waals surface area contributed by atoms with Crippen LogP contribution >= 0.6 is 0 Å². The molecule has 0 saturated heterocycles. The summed E-state index contributed by atoms with van der Waals surface area (Å²) < 4.78 is 0. The molecule has 0 aliphatic rings. The molecule has 2 rings (SSSR count). The minimum atomic E-state index is 0. The van der Waals surface area contributed by atoms with Gasteiger partial charge in [0.15, 0.2) is 0 Å². The van der Waals surface area contributed by atoms with Crippen LogP contribution in [-0.2, 0) is 16.5 Å². The van der Waals surface area contributed by atoms with Crippen molar-refractivity contribution in [2.45, 2.75) is 181 Å². The van der Waals surface area contributed by atoms with E-state index in [1.54, 1.807) is 0 Å². The van der Waals surface area contributed by atoms with Crippen LogP contribution in [0.4, 0.5) is 11.4 Å². The number of para-hydroxylation sites is 2. The molecule has 0 aliphatic heterocycles. The quantitative estimate of drug-likeness (QED) is 0.0472. The van der Waals surface area contributed by atoms with E-state index < -0.39 is 0 Å². The van der Waals surface area contributed by atoms with Gasteiger partial charge in [-0.2, -0.15) is 0 Å². The van der Waals surface area contributed by atoms with Gasteiger partial charge in [-0.15, -0.1) is 0 Å². The van der Waals surface area contributed by atoms with Gasteiger partial charge in [-0.05, 0) is 49.9 Å². The number of unbranched alkanes of at least 4 members (excludes halogenated alkanes) is 22. The second-order valence-electron chi connectivity index (χ2n) is 13.1. The van der Waals surface area contributed by atoms with Crippen molar-refractivity contribution in [3.63, 3.8) is 0 Å². The molecule has 2 aromatic rings. The van der Waals surface area contributed by atoms with Crippen LogP contribution in [0.5, 0.6) is 0 Å². The van der Waals surface area contributed by atoms with Crippen LogP contribution in [0.25, 0.3) is 0 Å². The minimum Gasteiger partial charge on any atom is -0.252 e. The van der Waals surface area contributed by atoms with E-state index in [-0.39, 0.29) is 16.5 Å². The van der Waals surface area contributed by atoms with Crippen molar-refractivity contribution in [1.29, 1.82) is 0 Å². The summed E-state index contributed by atoms with van der Waals surface area (Å²) in [7, 11) is 0. The summed E-state index contributed by atoms with van der Waals surface area (Å²) in [6.45, 7) is 4.56. The molecule has 0 atom stereocenters. The maximum Gasteiger partial charge on any atom is 0.0633 e. The Kier molecular flexibility index (Phi) is 28.4. The summed E-state index contributed by atoms with van der Waals surface area (Å²) in [4.78, 5) is 10.2. The summed E-state index contributed by atoms with van der Waals surface area (Å²) in [5.74, 6) is 0. The Balaban J connectivity index is 0.0000101. The monoisotopic (exact) mass is 658 g/mol. The molecule has 3 heteroatoms. The Labute approximate surface area is 289 Å². The predicted octanol–water partition coefficient (Wildman–Crippen LogP) is 14.7. The van der Waals surface area contributed by atoms with E-state index in [0.29, 0.717) is 0 Å². The second kappa shape index (κ2) is 30.9. The Morgan fingerprint density at radius 3 is 0.933 bits per heavy atom. The van der Waals surface area contributed by atoms with E-state index in [1.165, 1.54) is 159 Å². The fourth-order valence-corrected chi connectivity index (χ4v) is 6.09. The second-order valence-corrected chi connectivity index (χ2v) is 13.1. The van der Waals surface area contributed by atoms with Crippen LogP contribution in [0.3, 0.4) is 0 Å². The molecule has 256 valence electrons. The fraction of sp³-hybridized carbons (Fsp3) is 0.667. The smallest absolute Gasteiger partial charge is 0.0633 e. The molecule has 0 spiro atoms. The number of hydrogen-bond donors (Lipinski definition) is 0. The van der Waals surface area contributed by atoms with Crippen molar-refractivity contribution < 1.29 is 16.5 Å². The van der Waals surface area contributed by atoms with Crippen molar-refractivity contribution >= 4 is 22.8 Å². The topological polar surface area (TPSA) is 24.7 Å². The first-order valence-corrected chi connectivity index (χ1v) is 19.1. The summed E-state index contributed by atoms with van der Waals surface area (Å²) in [6, 6.07) is 20.9. The van der Waals surface area contributed by atoms with Crippen molar-refractivity contribution in [3.05, 3.63) is 60.7 Å². The van der Waals surface area contributed by atoms with E-state index in [4.69, 9.17) is 9.98 Å². The number of hydrogen-bond acceptors (Lipinski definition) is 2. The average molecular weight is 660 g/mol. The van der Waals surface area contributed by atoms with Crippen molar-refractivity contribution in [1.82, 2.24) is 0 Å². The summed E-state index contributed by atoms with van der Waals surface area (Å²) in [6.07, 6.45) is 35.6. The van der Waals surface area contributed by atoms with E-state index in [9.17, 15) is 0 Å². The molecule has 45 heavy (non-hydrogen) atoms. The minimum absolute atomic E-state index is 0. The molecule has 2 aromatic carbocycles. The van der Waals surface area contributed by atoms with Crippen LogP contribution in [0.2, 0.25) is 0 Å². The molecule has 0 radical (unpaired) electrons. The van der Waals surface area contributed by atoms with Gasteiger partial charge in [0.2, 0.25) is 0 Å². The third-order valence-corrected chi connectivity index (χ3v) is 8.91. The first-order valence-electron chi connectivity index (χ1n) is 19.1. The Hall–Kier alpha value is -1.73. The van der Waals surface area contributed by atoms with Crippen molar-refractivity contribution in [2.24, 2.45) is 9.98 Å². The van der Waals surface area contributed by atoms with Gasteiger partial charge in [0, 0.05) is 16.5 Å².